The van der Waals surface area contributed by atoms with Gasteiger partial charge in [0.15, 0.2) is 29.4 Å². The maximum atomic E-state index is 12.3. The van der Waals surface area contributed by atoms with Gasteiger partial charge in [-0.05, 0) is 32.0 Å². The molecule has 29 heavy (non-hydrogen) atoms. The smallest absolute Gasteiger partial charge is 0.316 e. The SMILES string of the molecule is Cc1cc(C)nc(SCC(=O)OCC(=O)N(C)CC2COc3ccccc3O2)n1. The van der Waals surface area contributed by atoms with Crippen molar-refractivity contribution in [2.45, 2.75) is 25.1 Å². The second-order valence-electron chi connectivity index (χ2n) is 6.65. The van der Waals surface area contributed by atoms with Crippen LogP contribution in [-0.4, -0.2) is 65.4 Å². The number of carbonyl (C=O) groups is 2. The number of nitrogens with zero attached hydrogens (tertiary/aromatic N) is 3. The van der Waals surface area contributed by atoms with Gasteiger partial charge >= 0.3 is 5.97 Å². The number of thioether (sulfide) groups is 1. The van der Waals surface area contributed by atoms with Crippen molar-refractivity contribution in [2.24, 2.45) is 0 Å². The van der Waals surface area contributed by atoms with E-state index in [0.717, 1.165) is 11.4 Å². The fourth-order valence-corrected chi connectivity index (χ4v) is 3.48. The summed E-state index contributed by atoms with van der Waals surface area (Å²) in [6, 6.07) is 9.25. The first-order valence-corrected chi connectivity index (χ1v) is 10.1. The minimum absolute atomic E-state index is 0.0379. The molecule has 0 spiro atoms. The van der Waals surface area contributed by atoms with E-state index in [4.69, 9.17) is 14.2 Å². The zero-order chi connectivity index (χ0) is 20.8. The van der Waals surface area contributed by atoms with Crippen LogP contribution in [0.3, 0.4) is 0 Å². The molecule has 1 atom stereocenters. The number of rotatable bonds is 7. The highest BCUT2D eigenvalue weighted by atomic mass is 32.2. The Labute approximate surface area is 173 Å². The first-order chi connectivity index (χ1) is 13.9. The van der Waals surface area contributed by atoms with Crippen LogP contribution in [0.4, 0.5) is 0 Å². The zero-order valence-corrected chi connectivity index (χ0v) is 17.4. The molecule has 2 heterocycles. The Morgan fingerprint density at radius 3 is 2.62 bits per heavy atom. The quantitative estimate of drug-likeness (QED) is 0.384. The average Bonchev–Trinajstić information content (AvgIpc) is 2.69. The van der Waals surface area contributed by atoms with Crippen LogP contribution in [0.2, 0.25) is 0 Å². The monoisotopic (exact) mass is 417 g/mol. The molecular weight excluding hydrogens is 394 g/mol. The van der Waals surface area contributed by atoms with Gasteiger partial charge in [0.25, 0.3) is 5.91 Å². The van der Waals surface area contributed by atoms with Crippen molar-refractivity contribution < 1.29 is 23.8 Å². The number of hydrogen-bond acceptors (Lipinski definition) is 8. The van der Waals surface area contributed by atoms with E-state index in [1.807, 2.05) is 44.2 Å². The van der Waals surface area contributed by atoms with Crippen LogP contribution in [0.5, 0.6) is 11.5 Å². The maximum Gasteiger partial charge on any atom is 0.316 e. The molecule has 1 aliphatic heterocycles. The van der Waals surface area contributed by atoms with Gasteiger partial charge in [-0.3, -0.25) is 9.59 Å². The van der Waals surface area contributed by atoms with E-state index in [-0.39, 0.29) is 24.4 Å². The van der Waals surface area contributed by atoms with Crippen LogP contribution in [0.25, 0.3) is 0 Å². The summed E-state index contributed by atoms with van der Waals surface area (Å²) in [5.41, 5.74) is 1.67. The second-order valence-corrected chi connectivity index (χ2v) is 7.60. The Bertz CT molecular complexity index is 872. The number of fused-ring (bicyclic) bond motifs is 1. The van der Waals surface area contributed by atoms with Crippen molar-refractivity contribution in [3.63, 3.8) is 0 Å². The van der Waals surface area contributed by atoms with Crippen molar-refractivity contribution in [2.75, 3.05) is 32.6 Å². The van der Waals surface area contributed by atoms with Crippen LogP contribution in [-0.2, 0) is 14.3 Å². The number of hydrogen-bond donors (Lipinski definition) is 0. The molecule has 2 aromatic rings. The van der Waals surface area contributed by atoms with Crippen LogP contribution < -0.4 is 9.47 Å². The summed E-state index contributed by atoms with van der Waals surface area (Å²) in [7, 11) is 1.64. The Morgan fingerprint density at radius 1 is 1.21 bits per heavy atom. The molecule has 154 valence electrons. The van der Waals surface area contributed by atoms with Gasteiger partial charge in [0.05, 0.1) is 12.3 Å². The van der Waals surface area contributed by atoms with E-state index in [2.05, 4.69) is 9.97 Å². The summed E-state index contributed by atoms with van der Waals surface area (Å²) in [6.07, 6.45) is -0.285. The van der Waals surface area contributed by atoms with Crippen molar-refractivity contribution >= 4 is 23.6 Å². The largest absolute Gasteiger partial charge is 0.486 e. The van der Waals surface area contributed by atoms with Crippen LogP contribution >= 0.6 is 11.8 Å². The van der Waals surface area contributed by atoms with Crippen molar-refractivity contribution in [1.29, 1.82) is 0 Å². The van der Waals surface area contributed by atoms with Gasteiger partial charge in [0, 0.05) is 18.4 Å². The molecule has 9 heteroatoms. The maximum absolute atomic E-state index is 12.3. The number of ether oxygens (including phenoxy) is 3. The van der Waals surface area contributed by atoms with E-state index in [9.17, 15) is 9.59 Å². The lowest BCUT2D eigenvalue weighted by Gasteiger charge is -2.29. The van der Waals surface area contributed by atoms with Gasteiger partial charge in [0.2, 0.25) is 0 Å². The third kappa shape index (κ3) is 6.08. The summed E-state index contributed by atoms with van der Waals surface area (Å²) in [4.78, 5) is 34.2. The van der Waals surface area contributed by atoms with Gasteiger partial charge in [-0.15, -0.1) is 0 Å². The number of amides is 1. The van der Waals surface area contributed by atoms with Crippen LogP contribution in [0.15, 0.2) is 35.5 Å². The molecular formula is C20H23N3O5S. The van der Waals surface area contributed by atoms with Crippen LogP contribution in [0.1, 0.15) is 11.4 Å². The van der Waals surface area contributed by atoms with E-state index in [1.54, 1.807) is 7.05 Å². The summed E-state index contributed by atoms with van der Waals surface area (Å²) in [5.74, 6) is 0.578. The molecule has 8 nitrogen and oxygen atoms in total. The highest BCUT2D eigenvalue weighted by molar-refractivity contribution is 7.99. The van der Waals surface area contributed by atoms with Gasteiger partial charge < -0.3 is 19.1 Å². The van der Waals surface area contributed by atoms with Crippen LogP contribution in [0, 0.1) is 13.8 Å². The molecule has 0 aliphatic carbocycles. The highest BCUT2D eigenvalue weighted by Gasteiger charge is 2.24. The third-order valence-electron chi connectivity index (χ3n) is 4.11. The lowest BCUT2D eigenvalue weighted by molar-refractivity contribution is -0.149. The number of esters is 1. The molecule has 1 aromatic carbocycles. The van der Waals surface area contributed by atoms with Gasteiger partial charge in [-0.2, -0.15) is 0 Å². The summed E-state index contributed by atoms with van der Waals surface area (Å²) < 4.78 is 16.6. The molecule has 0 saturated heterocycles. The standard InChI is InChI=1S/C20H23N3O5S/c1-13-8-14(2)22-20(21-13)29-12-19(25)27-11-18(24)23(3)9-15-10-26-16-6-4-5-7-17(16)28-15/h4-8,15H,9-12H2,1-3H3. The molecule has 1 amide bonds. The number of aryl methyl sites for hydroxylation is 2. The van der Waals surface area contributed by atoms with E-state index < -0.39 is 5.97 Å². The van der Waals surface area contributed by atoms with Gasteiger partial charge in [-0.1, -0.05) is 23.9 Å². The molecule has 1 aliphatic rings. The van der Waals surface area contributed by atoms with Gasteiger partial charge in [0.1, 0.15) is 6.61 Å². The Hall–Kier alpha value is -2.81. The van der Waals surface area contributed by atoms with Crippen molar-refractivity contribution in [3.05, 3.63) is 41.7 Å². The zero-order valence-electron chi connectivity index (χ0n) is 16.6. The summed E-state index contributed by atoms with van der Waals surface area (Å²) >= 11 is 1.18. The number of carbonyl (C=O) groups excluding carboxylic acids is 2. The molecule has 0 N–H and O–H groups in total. The minimum Gasteiger partial charge on any atom is -0.486 e. The number of aromatic nitrogens is 2. The normalized spacial score (nSPS) is 14.9. The highest BCUT2D eigenvalue weighted by Crippen LogP contribution is 2.30. The molecule has 0 saturated carbocycles. The van der Waals surface area contributed by atoms with Gasteiger partial charge in [-0.25, -0.2) is 9.97 Å². The lowest BCUT2D eigenvalue weighted by atomic mass is 10.2. The predicted molar refractivity (Wildman–Crippen MR) is 107 cm³/mol. The van der Waals surface area contributed by atoms with Crippen molar-refractivity contribution in [1.82, 2.24) is 14.9 Å². The minimum atomic E-state index is -0.495. The fraction of sp³-hybridized carbons (Fsp3) is 0.400. The Morgan fingerprint density at radius 2 is 1.90 bits per heavy atom. The lowest BCUT2D eigenvalue weighted by Crippen LogP contribution is -2.43. The first-order valence-electron chi connectivity index (χ1n) is 9.14. The van der Waals surface area contributed by atoms with E-state index in [1.165, 1.54) is 16.7 Å². The Balaban J connectivity index is 1.40. The third-order valence-corrected chi connectivity index (χ3v) is 4.93. The molecule has 1 unspecified atom stereocenters. The predicted octanol–water partition coefficient (Wildman–Crippen LogP) is 2.03. The Kier molecular flexibility index (Phi) is 6.92. The number of likely N-dealkylation sites (N-methyl/N-ethyl adjacent to an activating group) is 1. The summed E-state index contributed by atoms with van der Waals surface area (Å²) in [5, 5.41) is 0.512. The van der Waals surface area contributed by atoms with E-state index >= 15 is 0 Å². The first kappa shape index (κ1) is 20.9. The topological polar surface area (TPSA) is 90.9 Å². The molecule has 1 aromatic heterocycles. The molecule has 0 radical (unpaired) electrons. The molecule has 3 rings (SSSR count). The molecule has 0 fully saturated rings. The average molecular weight is 417 g/mol. The second kappa shape index (κ2) is 9.60. The molecule has 0 bridgehead atoms. The fourth-order valence-electron chi connectivity index (χ4n) is 2.74. The van der Waals surface area contributed by atoms with Crippen molar-refractivity contribution in [3.8, 4) is 11.5 Å². The number of benzene rings is 1. The van der Waals surface area contributed by atoms with E-state index in [0.29, 0.717) is 29.8 Å². The number of para-hydroxylation sites is 2. The summed E-state index contributed by atoms with van der Waals surface area (Å²) in [6.45, 7) is 4.08.